The number of anilines is 1. The van der Waals surface area contributed by atoms with Crippen molar-refractivity contribution in [1.29, 1.82) is 0 Å². The predicted molar refractivity (Wildman–Crippen MR) is 112 cm³/mol. The van der Waals surface area contributed by atoms with Gasteiger partial charge in [-0.2, -0.15) is 0 Å². The lowest BCUT2D eigenvalue weighted by Crippen LogP contribution is -2.40. The van der Waals surface area contributed by atoms with Crippen molar-refractivity contribution in [3.05, 3.63) is 65.4 Å². The van der Waals surface area contributed by atoms with Crippen LogP contribution in [0.3, 0.4) is 0 Å². The molecule has 0 aliphatic carbocycles. The third-order valence-corrected chi connectivity index (χ3v) is 5.28. The van der Waals surface area contributed by atoms with Gasteiger partial charge in [0.25, 0.3) is 0 Å². The molecule has 0 bridgehead atoms. The molecule has 1 unspecified atom stereocenters. The van der Waals surface area contributed by atoms with Gasteiger partial charge in [0.15, 0.2) is 0 Å². The molecule has 0 fully saturated rings. The smallest absolute Gasteiger partial charge is 0.148 e. The molecule has 1 aliphatic rings. The minimum Gasteiger partial charge on any atom is -0.367 e. The van der Waals surface area contributed by atoms with Crippen LogP contribution in [-0.4, -0.2) is 41.5 Å². The molecule has 1 N–H and O–H groups in total. The standard InChI is InChI=1S/C23H26N4/c1-15-5-9-17(10-6-15)21-22(18-11-7-16(2)8-12-18)26-23-20(25-21)13-19(14-24-23)27(3)4/h5-12,19H,13-14H2,1-4H3,(H,24,26). The SMILES string of the molecule is Cc1ccc(-c2nc3c(nc2-c2ccc(C)cc2)NCC(N(C)C)C3)cc1. The number of aromatic nitrogens is 2. The Morgan fingerprint density at radius 3 is 1.85 bits per heavy atom. The van der Waals surface area contributed by atoms with E-state index in [-0.39, 0.29) is 0 Å². The fraction of sp³-hybridized carbons (Fsp3) is 0.304. The highest BCUT2D eigenvalue weighted by molar-refractivity contribution is 5.79. The van der Waals surface area contributed by atoms with Crippen molar-refractivity contribution in [3.63, 3.8) is 0 Å². The Hall–Kier alpha value is -2.72. The number of nitrogens with one attached hydrogen (secondary N) is 1. The van der Waals surface area contributed by atoms with E-state index >= 15 is 0 Å². The van der Waals surface area contributed by atoms with Gasteiger partial charge in [0.1, 0.15) is 5.82 Å². The van der Waals surface area contributed by atoms with E-state index in [1.807, 2.05) is 0 Å². The fourth-order valence-corrected chi connectivity index (χ4v) is 3.45. The maximum absolute atomic E-state index is 5.09. The van der Waals surface area contributed by atoms with Crippen molar-refractivity contribution in [2.75, 3.05) is 26.0 Å². The first-order valence-corrected chi connectivity index (χ1v) is 9.46. The Balaban J connectivity index is 1.86. The minimum atomic E-state index is 0.433. The Labute approximate surface area is 161 Å². The number of likely N-dealkylation sites (N-methyl/N-ethyl adjacent to an activating group) is 1. The van der Waals surface area contributed by atoms with E-state index in [4.69, 9.17) is 9.97 Å². The van der Waals surface area contributed by atoms with E-state index in [9.17, 15) is 0 Å². The Morgan fingerprint density at radius 1 is 0.815 bits per heavy atom. The largest absolute Gasteiger partial charge is 0.367 e. The van der Waals surface area contributed by atoms with E-state index in [1.165, 1.54) is 11.1 Å². The summed E-state index contributed by atoms with van der Waals surface area (Å²) in [5.74, 6) is 0.916. The summed E-state index contributed by atoms with van der Waals surface area (Å²) in [6.07, 6.45) is 0.912. The van der Waals surface area contributed by atoms with Gasteiger partial charge in [-0.1, -0.05) is 59.7 Å². The molecule has 4 rings (SSSR count). The Morgan fingerprint density at radius 2 is 1.33 bits per heavy atom. The first-order valence-electron chi connectivity index (χ1n) is 9.46. The molecule has 1 atom stereocenters. The van der Waals surface area contributed by atoms with Crippen molar-refractivity contribution in [2.45, 2.75) is 26.3 Å². The fourth-order valence-electron chi connectivity index (χ4n) is 3.45. The molecule has 3 aromatic rings. The number of rotatable bonds is 3. The lowest BCUT2D eigenvalue weighted by Gasteiger charge is -2.30. The molecular formula is C23H26N4. The van der Waals surface area contributed by atoms with Gasteiger partial charge in [-0.15, -0.1) is 0 Å². The van der Waals surface area contributed by atoms with Crippen LogP contribution in [0.4, 0.5) is 5.82 Å². The number of nitrogens with zero attached hydrogens (tertiary/aromatic N) is 3. The van der Waals surface area contributed by atoms with Gasteiger partial charge in [0.05, 0.1) is 17.1 Å². The minimum absolute atomic E-state index is 0.433. The first-order chi connectivity index (χ1) is 13.0. The normalized spacial score (nSPS) is 16.1. The predicted octanol–water partition coefficient (Wildman–Crippen LogP) is 4.33. The van der Waals surface area contributed by atoms with Crippen molar-refractivity contribution >= 4 is 5.82 Å². The molecule has 4 nitrogen and oxygen atoms in total. The first kappa shape index (κ1) is 17.7. The van der Waals surface area contributed by atoms with Gasteiger partial charge in [-0.25, -0.2) is 9.97 Å². The quantitative estimate of drug-likeness (QED) is 0.757. The average Bonchev–Trinajstić information content (AvgIpc) is 2.68. The maximum Gasteiger partial charge on any atom is 0.148 e. The molecule has 0 amide bonds. The highest BCUT2D eigenvalue weighted by Gasteiger charge is 2.24. The molecule has 0 radical (unpaired) electrons. The summed E-state index contributed by atoms with van der Waals surface area (Å²) >= 11 is 0. The van der Waals surface area contributed by atoms with E-state index in [2.05, 4.69) is 86.7 Å². The van der Waals surface area contributed by atoms with Gasteiger partial charge in [-0.3, -0.25) is 0 Å². The molecule has 0 spiro atoms. The van der Waals surface area contributed by atoms with Crippen molar-refractivity contribution < 1.29 is 0 Å². The molecule has 2 heterocycles. The Bertz CT molecular complexity index is 943. The van der Waals surface area contributed by atoms with Crippen LogP contribution in [0.25, 0.3) is 22.5 Å². The zero-order valence-electron chi connectivity index (χ0n) is 16.5. The van der Waals surface area contributed by atoms with E-state index in [1.54, 1.807) is 0 Å². The van der Waals surface area contributed by atoms with E-state index < -0.39 is 0 Å². The lowest BCUT2D eigenvalue weighted by molar-refractivity contribution is 0.296. The summed E-state index contributed by atoms with van der Waals surface area (Å²) < 4.78 is 0. The third-order valence-electron chi connectivity index (χ3n) is 5.28. The molecule has 4 heteroatoms. The molecule has 0 saturated carbocycles. The van der Waals surface area contributed by atoms with Crippen LogP contribution < -0.4 is 5.32 Å². The number of fused-ring (bicyclic) bond motifs is 1. The van der Waals surface area contributed by atoms with Crippen molar-refractivity contribution in [3.8, 4) is 22.5 Å². The van der Waals surface area contributed by atoms with Gasteiger partial charge < -0.3 is 10.2 Å². The second-order valence-corrected chi connectivity index (χ2v) is 7.65. The lowest BCUT2D eigenvalue weighted by atomic mass is 10.00. The molecule has 27 heavy (non-hydrogen) atoms. The van der Waals surface area contributed by atoms with Gasteiger partial charge in [-0.05, 0) is 27.9 Å². The highest BCUT2D eigenvalue weighted by atomic mass is 15.2. The molecule has 2 aromatic carbocycles. The van der Waals surface area contributed by atoms with Crippen LogP contribution in [0.15, 0.2) is 48.5 Å². The summed E-state index contributed by atoms with van der Waals surface area (Å²) in [6.45, 7) is 5.10. The van der Waals surface area contributed by atoms with E-state index in [0.717, 1.165) is 47.0 Å². The van der Waals surface area contributed by atoms with Gasteiger partial charge in [0, 0.05) is 30.1 Å². The Kier molecular flexibility index (Phi) is 4.66. The van der Waals surface area contributed by atoms with Crippen LogP contribution in [0, 0.1) is 13.8 Å². The summed E-state index contributed by atoms with van der Waals surface area (Å²) in [5.41, 5.74) is 7.64. The molecule has 0 saturated heterocycles. The summed E-state index contributed by atoms with van der Waals surface area (Å²) in [6, 6.07) is 17.5. The summed E-state index contributed by atoms with van der Waals surface area (Å²) in [5, 5.41) is 3.49. The second kappa shape index (κ2) is 7.12. The zero-order valence-corrected chi connectivity index (χ0v) is 16.5. The maximum atomic E-state index is 5.09. The number of hydrogen-bond donors (Lipinski definition) is 1. The third kappa shape index (κ3) is 3.58. The monoisotopic (exact) mass is 358 g/mol. The topological polar surface area (TPSA) is 41.1 Å². The summed E-state index contributed by atoms with van der Waals surface area (Å²) in [7, 11) is 4.23. The van der Waals surface area contributed by atoms with Crippen LogP contribution in [-0.2, 0) is 6.42 Å². The van der Waals surface area contributed by atoms with Gasteiger partial charge >= 0.3 is 0 Å². The van der Waals surface area contributed by atoms with Gasteiger partial charge in [0.2, 0.25) is 0 Å². The molecular weight excluding hydrogens is 332 g/mol. The summed E-state index contributed by atoms with van der Waals surface area (Å²) in [4.78, 5) is 12.4. The zero-order chi connectivity index (χ0) is 19.0. The molecule has 138 valence electrons. The van der Waals surface area contributed by atoms with Crippen LogP contribution >= 0.6 is 0 Å². The van der Waals surface area contributed by atoms with Crippen LogP contribution in [0.1, 0.15) is 16.8 Å². The highest BCUT2D eigenvalue weighted by Crippen LogP contribution is 2.33. The van der Waals surface area contributed by atoms with Crippen molar-refractivity contribution in [2.24, 2.45) is 0 Å². The number of aryl methyl sites for hydroxylation is 2. The molecule has 1 aliphatic heterocycles. The van der Waals surface area contributed by atoms with Crippen LogP contribution in [0.5, 0.6) is 0 Å². The number of benzene rings is 2. The molecule has 1 aromatic heterocycles. The van der Waals surface area contributed by atoms with E-state index in [0.29, 0.717) is 6.04 Å². The van der Waals surface area contributed by atoms with Crippen molar-refractivity contribution in [1.82, 2.24) is 14.9 Å². The second-order valence-electron chi connectivity index (χ2n) is 7.65. The number of hydrogen-bond acceptors (Lipinski definition) is 4. The van der Waals surface area contributed by atoms with Crippen LogP contribution in [0.2, 0.25) is 0 Å². The average molecular weight is 358 g/mol.